The molecule has 1 amide bonds. The molecule has 4 nitrogen and oxygen atoms in total. The molecule has 0 aliphatic heterocycles. The van der Waals surface area contributed by atoms with Crippen LogP contribution >= 0.6 is 0 Å². The standard InChI is InChI=1S/C21H21NO3/c1-15-12-18(16(2)25-15)13-22-21(23)14-24-20-11-7-6-10-19(20)17-8-4-3-5-9-17/h3-12H,13-14H2,1-2H3,(H,22,23). The van der Waals surface area contributed by atoms with Gasteiger partial charge < -0.3 is 14.5 Å². The Morgan fingerprint density at radius 2 is 1.76 bits per heavy atom. The van der Waals surface area contributed by atoms with Crippen molar-refractivity contribution >= 4 is 5.91 Å². The lowest BCUT2D eigenvalue weighted by atomic mass is 10.1. The summed E-state index contributed by atoms with van der Waals surface area (Å²) in [5.74, 6) is 2.20. The zero-order valence-electron chi connectivity index (χ0n) is 14.4. The van der Waals surface area contributed by atoms with Gasteiger partial charge in [-0.2, -0.15) is 0 Å². The van der Waals surface area contributed by atoms with Crippen molar-refractivity contribution in [3.05, 3.63) is 77.7 Å². The highest BCUT2D eigenvalue weighted by molar-refractivity contribution is 5.78. The summed E-state index contributed by atoms with van der Waals surface area (Å²) in [6.45, 7) is 4.19. The number of hydrogen-bond donors (Lipinski definition) is 1. The van der Waals surface area contributed by atoms with Gasteiger partial charge in [0, 0.05) is 17.7 Å². The molecule has 0 fully saturated rings. The van der Waals surface area contributed by atoms with Crippen LogP contribution in [0.5, 0.6) is 5.75 Å². The number of furan rings is 1. The normalized spacial score (nSPS) is 10.5. The number of aryl methyl sites for hydroxylation is 2. The Kier molecular flexibility index (Phi) is 5.19. The molecule has 0 bridgehead atoms. The maximum Gasteiger partial charge on any atom is 0.258 e. The average molecular weight is 335 g/mol. The molecule has 0 saturated heterocycles. The Balaban J connectivity index is 1.60. The van der Waals surface area contributed by atoms with E-state index < -0.39 is 0 Å². The second-order valence-electron chi connectivity index (χ2n) is 5.87. The lowest BCUT2D eigenvalue weighted by molar-refractivity contribution is -0.123. The number of benzene rings is 2. The van der Waals surface area contributed by atoms with E-state index in [1.54, 1.807) is 0 Å². The molecule has 3 aromatic rings. The number of carbonyl (C=O) groups excluding carboxylic acids is 1. The molecule has 3 rings (SSSR count). The SMILES string of the molecule is Cc1cc(CNC(=O)COc2ccccc2-c2ccccc2)c(C)o1. The monoisotopic (exact) mass is 335 g/mol. The third-order valence-corrected chi connectivity index (χ3v) is 3.95. The van der Waals surface area contributed by atoms with Gasteiger partial charge in [0.25, 0.3) is 5.91 Å². The summed E-state index contributed by atoms with van der Waals surface area (Å²) in [6, 6.07) is 19.6. The Labute approximate surface area is 147 Å². The van der Waals surface area contributed by atoms with Gasteiger partial charge in [-0.25, -0.2) is 0 Å². The van der Waals surface area contributed by atoms with Crippen molar-refractivity contribution in [2.45, 2.75) is 20.4 Å². The fourth-order valence-corrected chi connectivity index (χ4v) is 2.70. The zero-order valence-corrected chi connectivity index (χ0v) is 14.4. The predicted octanol–water partition coefficient (Wildman–Crippen LogP) is 4.26. The van der Waals surface area contributed by atoms with Gasteiger partial charge in [0.05, 0.1) is 0 Å². The summed E-state index contributed by atoms with van der Waals surface area (Å²) in [5, 5.41) is 2.86. The Morgan fingerprint density at radius 1 is 1.04 bits per heavy atom. The number of carbonyl (C=O) groups is 1. The number of hydrogen-bond acceptors (Lipinski definition) is 3. The summed E-state index contributed by atoms with van der Waals surface area (Å²) >= 11 is 0. The van der Waals surface area contributed by atoms with Crippen LogP contribution in [0.1, 0.15) is 17.1 Å². The molecule has 1 heterocycles. The quantitative estimate of drug-likeness (QED) is 0.732. The maximum absolute atomic E-state index is 12.1. The van der Waals surface area contributed by atoms with Gasteiger partial charge in [0.15, 0.2) is 6.61 Å². The summed E-state index contributed by atoms with van der Waals surface area (Å²) < 4.78 is 11.2. The van der Waals surface area contributed by atoms with Crippen LogP contribution in [0.25, 0.3) is 11.1 Å². The lowest BCUT2D eigenvalue weighted by Gasteiger charge is -2.11. The molecule has 0 aliphatic carbocycles. The van der Waals surface area contributed by atoms with Crippen molar-refractivity contribution in [1.82, 2.24) is 5.32 Å². The Bertz CT molecular complexity index is 853. The molecule has 0 atom stereocenters. The fraction of sp³-hybridized carbons (Fsp3) is 0.190. The second-order valence-corrected chi connectivity index (χ2v) is 5.87. The first-order chi connectivity index (χ1) is 12.1. The molecule has 1 N–H and O–H groups in total. The van der Waals surface area contributed by atoms with Gasteiger partial charge in [-0.15, -0.1) is 0 Å². The van der Waals surface area contributed by atoms with Crippen LogP contribution in [0.4, 0.5) is 0 Å². The smallest absolute Gasteiger partial charge is 0.258 e. The van der Waals surface area contributed by atoms with E-state index in [1.165, 1.54) is 0 Å². The van der Waals surface area contributed by atoms with Crippen LogP contribution in [0.3, 0.4) is 0 Å². The maximum atomic E-state index is 12.1. The molecular weight excluding hydrogens is 314 g/mol. The fourth-order valence-electron chi connectivity index (χ4n) is 2.70. The van der Waals surface area contributed by atoms with E-state index in [0.717, 1.165) is 28.2 Å². The third-order valence-electron chi connectivity index (χ3n) is 3.95. The minimum absolute atomic E-state index is 0.0280. The van der Waals surface area contributed by atoms with E-state index >= 15 is 0 Å². The number of nitrogens with one attached hydrogen (secondary N) is 1. The third kappa shape index (κ3) is 4.29. The Morgan fingerprint density at radius 3 is 2.48 bits per heavy atom. The Hall–Kier alpha value is -3.01. The summed E-state index contributed by atoms with van der Waals surface area (Å²) in [5.41, 5.74) is 3.01. The summed E-state index contributed by atoms with van der Waals surface area (Å²) in [6.07, 6.45) is 0. The first kappa shape index (κ1) is 16.8. The molecule has 0 radical (unpaired) electrons. The number of rotatable bonds is 6. The van der Waals surface area contributed by atoms with E-state index in [2.05, 4.69) is 5.32 Å². The van der Waals surface area contributed by atoms with Crippen LogP contribution in [-0.2, 0) is 11.3 Å². The van der Waals surface area contributed by atoms with Gasteiger partial charge in [-0.3, -0.25) is 4.79 Å². The summed E-state index contributed by atoms with van der Waals surface area (Å²) in [4.78, 5) is 12.1. The van der Waals surface area contributed by atoms with E-state index in [0.29, 0.717) is 12.3 Å². The predicted molar refractivity (Wildman–Crippen MR) is 97.4 cm³/mol. The highest BCUT2D eigenvalue weighted by Crippen LogP contribution is 2.29. The van der Waals surface area contributed by atoms with Gasteiger partial charge in [0.1, 0.15) is 17.3 Å². The van der Waals surface area contributed by atoms with Crippen molar-refractivity contribution < 1.29 is 13.9 Å². The first-order valence-corrected chi connectivity index (χ1v) is 8.23. The van der Waals surface area contributed by atoms with Gasteiger partial charge in [0.2, 0.25) is 0 Å². The van der Waals surface area contributed by atoms with Crippen LogP contribution in [0, 0.1) is 13.8 Å². The topological polar surface area (TPSA) is 51.5 Å². The molecule has 0 saturated carbocycles. The molecule has 0 spiro atoms. The molecule has 128 valence electrons. The molecule has 25 heavy (non-hydrogen) atoms. The molecular formula is C21H21NO3. The molecule has 4 heteroatoms. The first-order valence-electron chi connectivity index (χ1n) is 8.23. The van der Waals surface area contributed by atoms with Crippen molar-refractivity contribution in [3.8, 4) is 16.9 Å². The highest BCUT2D eigenvalue weighted by atomic mass is 16.5. The summed E-state index contributed by atoms with van der Waals surface area (Å²) in [7, 11) is 0. The van der Waals surface area contributed by atoms with Crippen LogP contribution in [0.2, 0.25) is 0 Å². The van der Waals surface area contributed by atoms with Gasteiger partial charge in [-0.05, 0) is 31.5 Å². The van der Waals surface area contributed by atoms with Crippen LogP contribution in [0.15, 0.2) is 65.1 Å². The van der Waals surface area contributed by atoms with Crippen molar-refractivity contribution in [2.75, 3.05) is 6.61 Å². The van der Waals surface area contributed by atoms with E-state index in [-0.39, 0.29) is 12.5 Å². The van der Waals surface area contributed by atoms with Crippen LogP contribution < -0.4 is 10.1 Å². The van der Waals surface area contributed by atoms with E-state index in [4.69, 9.17) is 9.15 Å². The van der Waals surface area contributed by atoms with E-state index in [1.807, 2.05) is 74.5 Å². The molecule has 0 unspecified atom stereocenters. The van der Waals surface area contributed by atoms with Crippen molar-refractivity contribution in [3.63, 3.8) is 0 Å². The molecule has 0 aliphatic rings. The molecule has 2 aromatic carbocycles. The van der Waals surface area contributed by atoms with Crippen molar-refractivity contribution in [1.29, 1.82) is 0 Å². The number of ether oxygens (including phenoxy) is 1. The van der Waals surface area contributed by atoms with Crippen molar-refractivity contribution in [2.24, 2.45) is 0 Å². The minimum atomic E-state index is -0.166. The minimum Gasteiger partial charge on any atom is -0.483 e. The van der Waals surface area contributed by atoms with Gasteiger partial charge in [-0.1, -0.05) is 48.5 Å². The zero-order chi connectivity index (χ0) is 17.6. The van der Waals surface area contributed by atoms with Crippen LogP contribution in [-0.4, -0.2) is 12.5 Å². The lowest BCUT2D eigenvalue weighted by Crippen LogP contribution is -2.28. The highest BCUT2D eigenvalue weighted by Gasteiger charge is 2.10. The number of amides is 1. The van der Waals surface area contributed by atoms with E-state index in [9.17, 15) is 4.79 Å². The largest absolute Gasteiger partial charge is 0.483 e. The van der Waals surface area contributed by atoms with Gasteiger partial charge >= 0.3 is 0 Å². The second kappa shape index (κ2) is 7.71. The number of para-hydroxylation sites is 1. The average Bonchev–Trinajstić information content (AvgIpc) is 2.96. The molecule has 1 aromatic heterocycles.